The molecule has 114 valence electrons. The monoisotopic (exact) mass is 314 g/mol. The molecular formula is C16H18N4OS. The van der Waals surface area contributed by atoms with Gasteiger partial charge in [0.1, 0.15) is 11.6 Å². The molecule has 0 unspecified atom stereocenters. The van der Waals surface area contributed by atoms with Crippen LogP contribution in [0.5, 0.6) is 0 Å². The molecule has 2 aromatic heterocycles. The molecule has 0 aliphatic carbocycles. The molecule has 22 heavy (non-hydrogen) atoms. The molecule has 0 bridgehead atoms. The van der Waals surface area contributed by atoms with Gasteiger partial charge in [-0.2, -0.15) is 0 Å². The number of nitrogens with one attached hydrogen (secondary N) is 1. The third-order valence-electron chi connectivity index (χ3n) is 3.50. The Kier molecular flexibility index (Phi) is 3.94. The van der Waals surface area contributed by atoms with Crippen molar-refractivity contribution in [3.63, 3.8) is 0 Å². The summed E-state index contributed by atoms with van der Waals surface area (Å²) in [7, 11) is 0. The first-order chi connectivity index (χ1) is 10.5. The standard InChI is InChI=1S/C16H18N4OS/c1-10(2)15-18-19-16(22-15)17-14(21)9-20-11(3)8-12-6-4-5-7-13(12)20/h4-8,10H,9H2,1-3H3,(H,17,19,21). The molecule has 0 fully saturated rings. The van der Waals surface area contributed by atoms with Crippen molar-refractivity contribution in [2.24, 2.45) is 0 Å². The van der Waals surface area contributed by atoms with Crippen LogP contribution < -0.4 is 5.32 Å². The highest BCUT2D eigenvalue weighted by atomic mass is 32.1. The lowest BCUT2D eigenvalue weighted by molar-refractivity contribution is -0.116. The van der Waals surface area contributed by atoms with Crippen LogP contribution in [0.1, 0.15) is 30.5 Å². The van der Waals surface area contributed by atoms with Crippen molar-refractivity contribution in [1.29, 1.82) is 0 Å². The molecule has 0 aliphatic rings. The maximum Gasteiger partial charge on any atom is 0.246 e. The van der Waals surface area contributed by atoms with E-state index in [0.29, 0.717) is 11.0 Å². The Bertz CT molecular complexity index is 819. The van der Waals surface area contributed by atoms with Gasteiger partial charge in [-0.15, -0.1) is 10.2 Å². The largest absolute Gasteiger partial charge is 0.335 e. The lowest BCUT2D eigenvalue weighted by atomic mass is 10.2. The van der Waals surface area contributed by atoms with E-state index >= 15 is 0 Å². The van der Waals surface area contributed by atoms with E-state index in [1.165, 1.54) is 11.3 Å². The molecule has 3 rings (SSSR count). The van der Waals surface area contributed by atoms with Crippen LogP contribution >= 0.6 is 11.3 Å². The number of benzene rings is 1. The van der Waals surface area contributed by atoms with Gasteiger partial charge in [0.25, 0.3) is 0 Å². The molecule has 3 aromatic rings. The first-order valence-electron chi connectivity index (χ1n) is 7.22. The number of anilines is 1. The van der Waals surface area contributed by atoms with Crippen LogP contribution in [0.25, 0.3) is 10.9 Å². The molecule has 6 heteroatoms. The summed E-state index contributed by atoms with van der Waals surface area (Å²) in [6.07, 6.45) is 0. The first-order valence-corrected chi connectivity index (χ1v) is 8.04. The highest BCUT2D eigenvalue weighted by Gasteiger charge is 2.13. The summed E-state index contributed by atoms with van der Waals surface area (Å²) in [4.78, 5) is 12.3. The Labute approximate surface area is 133 Å². The zero-order valence-electron chi connectivity index (χ0n) is 12.8. The van der Waals surface area contributed by atoms with Crippen molar-refractivity contribution in [3.8, 4) is 0 Å². The normalized spacial score (nSPS) is 11.3. The van der Waals surface area contributed by atoms with Gasteiger partial charge in [0.15, 0.2) is 0 Å². The predicted octanol–water partition coefficient (Wildman–Crippen LogP) is 3.56. The third kappa shape index (κ3) is 2.87. The van der Waals surface area contributed by atoms with Gasteiger partial charge in [-0.3, -0.25) is 10.1 Å². The van der Waals surface area contributed by atoms with E-state index in [9.17, 15) is 4.79 Å². The second-order valence-corrected chi connectivity index (χ2v) is 6.59. The van der Waals surface area contributed by atoms with Crippen molar-refractivity contribution in [3.05, 3.63) is 41.0 Å². The van der Waals surface area contributed by atoms with Gasteiger partial charge in [0, 0.05) is 17.1 Å². The zero-order chi connectivity index (χ0) is 15.7. The maximum atomic E-state index is 12.3. The number of rotatable bonds is 4. The fraction of sp³-hybridized carbons (Fsp3) is 0.312. The topological polar surface area (TPSA) is 59.8 Å². The number of para-hydroxylation sites is 1. The van der Waals surface area contributed by atoms with Gasteiger partial charge in [0.2, 0.25) is 11.0 Å². The molecule has 5 nitrogen and oxygen atoms in total. The van der Waals surface area contributed by atoms with Crippen LogP contribution in [-0.2, 0) is 11.3 Å². The second-order valence-electron chi connectivity index (χ2n) is 5.58. The van der Waals surface area contributed by atoms with Crippen LogP contribution in [0.2, 0.25) is 0 Å². The first kappa shape index (κ1) is 14.7. The van der Waals surface area contributed by atoms with Crippen molar-refractivity contribution in [2.75, 3.05) is 5.32 Å². The molecule has 0 aliphatic heterocycles. The minimum absolute atomic E-state index is 0.0871. The molecule has 0 spiro atoms. The molecule has 1 N–H and O–H groups in total. The molecule has 0 saturated carbocycles. The molecule has 2 heterocycles. The Morgan fingerprint density at radius 2 is 2.09 bits per heavy atom. The Balaban J connectivity index is 1.76. The summed E-state index contributed by atoms with van der Waals surface area (Å²) < 4.78 is 2.01. The summed E-state index contributed by atoms with van der Waals surface area (Å²) in [6, 6.07) is 10.1. The zero-order valence-corrected chi connectivity index (χ0v) is 13.6. The van der Waals surface area contributed by atoms with Gasteiger partial charge in [-0.1, -0.05) is 43.4 Å². The van der Waals surface area contributed by atoms with Crippen LogP contribution in [0.4, 0.5) is 5.13 Å². The summed E-state index contributed by atoms with van der Waals surface area (Å²) in [5.41, 5.74) is 2.13. The van der Waals surface area contributed by atoms with E-state index in [1.54, 1.807) is 0 Å². The highest BCUT2D eigenvalue weighted by molar-refractivity contribution is 7.15. The Morgan fingerprint density at radius 1 is 1.32 bits per heavy atom. The SMILES string of the molecule is Cc1cc2ccccc2n1CC(=O)Nc1nnc(C(C)C)s1. The predicted molar refractivity (Wildman–Crippen MR) is 89.3 cm³/mol. The summed E-state index contributed by atoms with van der Waals surface area (Å²) in [5, 5.41) is 13.6. The summed E-state index contributed by atoms with van der Waals surface area (Å²) >= 11 is 1.43. The Morgan fingerprint density at radius 3 is 2.82 bits per heavy atom. The van der Waals surface area contributed by atoms with Crippen molar-refractivity contribution in [1.82, 2.24) is 14.8 Å². The molecule has 0 atom stereocenters. The van der Waals surface area contributed by atoms with E-state index in [0.717, 1.165) is 21.6 Å². The maximum absolute atomic E-state index is 12.3. The van der Waals surface area contributed by atoms with Crippen LogP contribution in [-0.4, -0.2) is 20.7 Å². The van der Waals surface area contributed by atoms with Gasteiger partial charge < -0.3 is 4.57 Å². The molecular weight excluding hydrogens is 296 g/mol. The quantitative estimate of drug-likeness (QED) is 0.801. The smallest absolute Gasteiger partial charge is 0.246 e. The lowest BCUT2D eigenvalue weighted by Crippen LogP contribution is -2.19. The number of carbonyl (C=O) groups excluding carboxylic acids is 1. The number of aromatic nitrogens is 3. The fourth-order valence-corrected chi connectivity index (χ4v) is 3.14. The van der Waals surface area contributed by atoms with E-state index in [4.69, 9.17) is 0 Å². The lowest BCUT2D eigenvalue weighted by Gasteiger charge is -2.07. The number of aryl methyl sites for hydroxylation is 1. The van der Waals surface area contributed by atoms with E-state index in [1.807, 2.05) is 29.7 Å². The molecule has 1 amide bonds. The van der Waals surface area contributed by atoms with Gasteiger partial charge in [0.05, 0.1) is 0 Å². The van der Waals surface area contributed by atoms with Crippen molar-refractivity contribution >= 4 is 33.3 Å². The number of hydrogen-bond acceptors (Lipinski definition) is 4. The van der Waals surface area contributed by atoms with Crippen molar-refractivity contribution < 1.29 is 4.79 Å². The summed E-state index contributed by atoms with van der Waals surface area (Å²) in [5.74, 6) is 0.231. The average molecular weight is 314 g/mol. The van der Waals surface area contributed by atoms with E-state index in [2.05, 4.69) is 41.5 Å². The summed E-state index contributed by atoms with van der Waals surface area (Å²) in [6.45, 7) is 6.40. The Hall–Kier alpha value is -2.21. The van der Waals surface area contributed by atoms with Crippen LogP contribution in [0.3, 0.4) is 0 Å². The minimum atomic E-state index is -0.0871. The number of carbonyl (C=O) groups is 1. The van der Waals surface area contributed by atoms with E-state index < -0.39 is 0 Å². The van der Waals surface area contributed by atoms with Crippen LogP contribution in [0, 0.1) is 6.92 Å². The highest BCUT2D eigenvalue weighted by Crippen LogP contribution is 2.23. The average Bonchev–Trinajstić information content (AvgIpc) is 3.05. The number of nitrogens with zero attached hydrogens (tertiary/aromatic N) is 3. The van der Waals surface area contributed by atoms with Gasteiger partial charge in [-0.05, 0) is 24.4 Å². The number of hydrogen-bond donors (Lipinski definition) is 1. The molecule has 0 radical (unpaired) electrons. The second kappa shape index (κ2) is 5.88. The fourth-order valence-electron chi connectivity index (χ4n) is 2.38. The van der Waals surface area contributed by atoms with Gasteiger partial charge in [-0.25, -0.2) is 0 Å². The van der Waals surface area contributed by atoms with Crippen molar-refractivity contribution in [2.45, 2.75) is 33.2 Å². The minimum Gasteiger partial charge on any atom is -0.335 e. The number of fused-ring (bicyclic) bond motifs is 1. The molecule has 1 aromatic carbocycles. The molecule has 0 saturated heterocycles. The third-order valence-corrected chi connectivity index (χ3v) is 4.64. The van der Waals surface area contributed by atoms with E-state index in [-0.39, 0.29) is 12.5 Å². The van der Waals surface area contributed by atoms with Crippen LogP contribution in [0.15, 0.2) is 30.3 Å². The van der Waals surface area contributed by atoms with Gasteiger partial charge >= 0.3 is 0 Å². The number of amides is 1.